The van der Waals surface area contributed by atoms with Crippen molar-refractivity contribution < 1.29 is 14.2 Å². The number of anilines is 1. The van der Waals surface area contributed by atoms with Gasteiger partial charge in [-0.3, -0.25) is 0 Å². The Hall–Kier alpha value is -2.01. The van der Waals surface area contributed by atoms with Crippen molar-refractivity contribution in [3.63, 3.8) is 0 Å². The molecule has 3 heterocycles. The summed E-state index contributed by atoms with van der Waals surface area (Å²) in [6.07, 6.45) is 2.93. The van der Waals surface area contributed by atoms with Crippen LogP contribution in [0, 0.1) is 5.92 Å². The van der Waals surface area contributed by atoms with E-state index in [4.69, 9.17) is 14.2 Å². The maximum Gasteiger partial charge on any atom is 0.231 e. The minimum Gasteiger partial charge on any atom is -0.454 e. The molecule has 21 heavy (non-hydrogen) atoms. The van der Waals surface area contributed by atoms with E-state index in [1.54, 1.807) is 0 Å². The molecule has 2 atom stereocenters. The molecule has 0 amide bonds. The first kappa shape index (κ1) is 12.7. The van der Waals surface area contributed by atoms with E-state index in [0.717, 1.165) is 47.7 Å². The Labute approximate surface area is 123 Å². The third kappa shape index (κ3) is 2.27. The Bertz CT molecular complexity index is 668. The van der Waals surface area contributed by atoms with Crippen molar-refractivity contribution in [2.45, 2.75) is 19.4 Å². The van der Waals surface area contributed by atoms with Crippen LogP contribution in [-0.4, -0.2) is 31.0 Å². The van der Waals surface area contributed by atoms with Crippen molar-refractivity contribution >= 4 is 16.6 Å². The maximum absolute atomic E-state index is 5.47. The Morgan fingerprint density at radius 3 is 2.95 bits per heavy atom. The fourth-order valence-electron chi connectivity index (χ4n) is 2.96. The Kier molecular flexibility index (Phi) is 3.07. The summed E-state index contributed by atoms with van der Waals surface area (Å²) in [5, 5.41) is 5.70. The molecule has 4 rings (SSSR count). The molecule has 1 N–H and O–H groups in total. The van der Waals surface area contributed by atoms with Crippen LogP contribution in [0.5, 0.6) is 11.5 Å². The molecule has 2 aliphatic rings. The van der Waals surface area contributed by atoms with Crippen molar-refractivity contribution in [3.05, 3.63) is 24.4 Å². The number of nitrogens with one attached hydrogen (secondary N) is 1. The van der Waals surface area contributed by atoms with E-state index in [1.807, 2.05) is 24.4 Å². The van der Waals surface area contributed by atoms with Crippen molar-refractivity contribution in [1.29, 1.82) is 0 Å². The number of pyridine rings is 1. The Morgan fingerprint density at radius 1 is 1.29 bits per heavy atom. The van der Waals surface area contributed by atoms with Crippen molar-refractivity contribution in [2.75, 3.05) is 25.3 Å². The third-order valence-electron chi connectivity index (χ3n) is 4.29. The van der Waals surface area contributed by atoms with E-state index in [1.165, 1.54) is 0 Å². The van der Waals surface area contributed by atoms with E-state index >= 15 is 0 Å². The molecule has 5 heteroatoms. The zero-order valence-electron chi connectivity index (χ0n) is 12.0. The van der Waals surface area contributed by atoms with Crippen LogP contribution in [0.1, 0.15) is 13.3 Å². The van der Waals surface area contributed by atoms with Gasteiger partial charge in [-0.1, -0.05) is 0 Å². The van der Waals surface area contributed by atoms with Crippen LogP contribution in [0.2, 0.25) is 0 Å². The Morgan fingerprint density at radius 2 is 2.14 bits per heavy atom. The molecule has 0 spiro atoms. The van der Waals surface area contributed by atoms with E-state index in [2.05, 4.69) is 17.2 Å². The van der Waals surface area contributed by atoms with Crippen molar-refractivity contribution in [1.82, 2.24) is 4.98 Å². The molecule has 5 nitrogen and oxygen atoms in total. The predicted molar refractivity (Wildman–Crippen MR) is 79.9 cm³/mol. The zero-order chi connectivity index (χ0) is 14.2. The van der Waals surface area contributed by atoms with Crippen molar-refractivity contribution in [2.24, 2.45) is 5.92 Å². The fourth-order valence-corrected chi connectivity index (χ4v) is 2.96. The summed E-state index contributed by atoms with van der Waals surface area (Å²) in [4.78, 5) is 4.50. The lowest BCUT2D eigenvalue weighted by molar-refractivity contribution is 0.174. The van der Waals surface area contributed by atoms with Gasteiger partial charge in [-0.05, 0) is 36.9 Å². The summed E-state index contributed by atoms with van der Waals surface area (Å²) in [6.45, 7) is 4.16. The van der Waals surface area contributed by atoms with Crippen LogP contribution in [0.4, 0.5) is 5.82 Å². The number of aromatic nitrogens is 1. The van der Waals surface area contributed by atoms with Gasteiger partial charge in [0.05, 0.1) is 6.61 Å². The number of fused-ring (bicyclic) bond motifs is 2. The average molecular weight is 286 g/mol. The predicted octanol–water partition coefficient (Wildman–Crippen LogP) is 2.80. The van der Waals surface area contributed by atoms with Gasteiger partial charge in [-0.25, -0.2) is 4.98 Å². The second-order valence-corrected chi connectivity index (χ2v) is 5.64. The molecular weight excluding hydrogens is 268 g/mol. The highest BCUT2D eigenvalue weighted by Crippen LogP contribution is 2.38. The molecule has 110 valence electrons. The molecule has 2 unspecified atom stereocenters. The lowest BCUT2D eigenvalue weighted by atomic mass is 10.0. The summed E-state index contributed by atoms with van der Waals surface area (Å²) in [7, 11) is 0. The van der Waals surface area contributed by atoms with Gasteiger partial charge in [0.15, 0.2) is 11.5 Å². The second-order valence-electron chi connectivity index (χ2n) is 5.64. The maximum atomic E-state index is 5.47. The number of hydrogen-bond donors (Lipinski definition) is 1. The normalized spacial score (nSPS) is 21.7. The van der Waals surface area contributed by atoms with Gasteiger partial charge in [0.2, 0.25) is 6.79 Å². The van der Waals surface area contributed by atoms with Gasteiger partial charge in [0, 0.05) is 30.1 Å². The molecular formula is C16H18N2O3. The number of hydrogen-bond acceptors (Lipinski definition) is 5. The molecule has 2 aromatic rings. The smallest absolute Gasteiger partial charge is 0.231 e. The highest BCUT2D eigenvalue weighted by atomic mass is 16.7. The summed E-state index contributed by atoms with van der Waals surface area (Å²) in [6, 6.07) is 6.33. The van der Waals surface area contributed by atoms with Gasteiger partial charge >= 0.3 is 0 Å². The minimum atomic E-state index is 0.289. The number of benzene rings is 1. The molecule has 1 aromatic heterocycles. The first-order valence-corrected chi connectivity index (χ1v) is 7.34. The molecule has 0 aliphatic carbocycles. The SMILES string of the molecule is CC(Nc1nccc2cc3c(cc12)OCO3)C1CCOC1. The molecule has 0 radical (unpaired) electrons. The minimum absolute atomic E-state index is 0.289. The summed E-state index contributed by atoms with van der Waals surface area (Å²) < 4.78 is 16.4. The summed E-state index contributed by atoms with van der Waals surface area (Å²) in [5.41, 5.74) is 0. The number of nitrogens with zero attached hydrogens (tertiary/aromatic N) is 1. The van der Waals surface area contributed by atoms with Gasteiger partial charge in [-0.15, -0.1) is 0 Å². The molecule has 0 saturated carbocycles. The zero-order valence-corrected chi connectivity index (χ0v) is 12.0. The largest absolute Gasteiger partial charge is 0.454 e. The standard InChI is InChI=1S/C16H18N2O3/c1-10(12-3-5-19-8-12)18-16-13-7-15-14(20-9-21-15)6-11(13)2-4-17-16/h2,4,6-7,10,12H,3,5,8-9H2,1H3,(H,17,18). The van der Waals surface area contributed by atoms with Crippen LogP contribution in [0.25, 0.3) is 10.8 Å². The van der Waals surface area contributed by atoms with E-state index in [9.17, 15) is 0 Å². The van der Waals surface area contributed by atoms with Crippen molar-refractivity contribution in [3.8, 4) is 11.5 Å². The first-order valence-electron chi connectivity index (χ1n) is 7.34. The lowest BCUT2D eigenvalue weighted by Crippen LogP contribution is -2.26. The van der Waals surface area contributed by atoms with Crippen LogP contribution < -0.4 is 14.8 Å². The Balaban J connectivity index is 1.68. The first-order chi connectivity index (χ1) is 10.3. The molecule has 0 bridgehead atoms. The molecule has 1 aromatic carbocycles. The van der Waals surface area contributed by atoms with Gasteiger partial charge in [0.1, 0.15) is 5.82 Å². The van der Waals surface area contributed by atoms with E-state index < -0.39 is 0 Å². The van der Waals surface area contributed by atoms with Crippen LogP contribution >= 0.6 is 0 Å². The monoisotopic (exact) mass is 286 g/mol. The number of ether oxygens (including phenoxy) is 3. The quantitative estimate of drug-likeness (QED) is 0.940. The van der Waals surface area contributed by atoms with Crippen LogP contribution in [-0.2, 0) is 4.74 Å². The van der Waals surface area contributed by atoms with E-state index in [0.29, 0.717) is 12.0 Å². The van der Waals surface area contributed by atoms with Gasteiger partial charge in [0.25, 0.3) is 0 Å². The van der Waals surface area contributed by atoms with Crippen LogP contribution in [0.15, 0.2) is 24.4 Å². The molecule has 2 aliphatic heterocycles. The summed E-state index contributed by atoms with van der Waals surface area (Å²) in [5.74, 6) is 3.02. The van der Waals surface area contributed by atoms with E-state index in [-0.39, 0.29) is 6.79 Å². The summed E-state index contributed by atoms with van der Waals surface area (Å²) >= 11 is 0. The highest BCUT2D eigenvalue weighted by molar-refractivity contribution is 5.94. The van der Waals surface area contributed by atoms with Crippen LogP contribution in [0.3, 0.4) is 0 Å². The topological polar surface area (TPSA) is 52.6 Å². The average Bonchev–Trinajstić information content (AvgIpc) is 3.16. The lowest BCUT2D eigenvalue weighted by Gasteiger charge is -2.20. The third-order valence-corrected chi connectivity index (χ3v) is 4.29. The van der Waals surface area contributed by atoms with Gasteiger partial charge < -0.3 is 19.5 Å². The highest BCUT2D eigenvalue weighted by Gasteiger charge is 2.23. The van der Waals surface area contributed by atoms with Gasteiger partial charge in [-0.2, -0.15) is 0 Å². The second kappa shape index (κ2) is 5.07. The number of rotatable bonds is 3. The molecule has 1 fully saturated rings. The molecule has 1 saturated heterocycles. The fraction of sp³-hybridized carbons (Fsp3) is 0.438.